The molecule has 2 aliphatic rings. The van der Waals surface area contributed by atoms with E-state index in [4.69, 9.17) is 4.98 Å². The molecule has 0 spiro atoms. The molecule has 170 valence electrons. The van der Waals surface area contributed by atoms with E-state index < -0.39 is 0 Å². The van der Waals surface area contributed by atoms with Gasteiger partial charge in [-0.1, -0.05) is 25.8 Å². The fourth-order valence-corrected chi connectivity index (χ4v) is 5.88. The molecule has 32 heavy (non-hydrogen) atoms. The van der Waals surface area contributed by atoms with Crippen molar-refractivity contribution in [2.75, 3.05) is 18.0 Å². The van der Waals surface area contributed by atoms with Crippen molar-refractivity contribution < 1.29 is 4.79 Å². The van der Waals surface area contributed by atoms with Gasteiger partial charge in [-0.15, -0.1) is 11.3 Å². The molecule has 0 saturated carbocycles. The Morgan fingerprint density at radius 2 is 2.09 bits per heavy atom. The van der Waals surface area contributed by atoms with Gasteiger partial charge in [0.2, 0.25) is 5.91 Å². The lowest BCUT2D eigenvalue weighted by molar-refractivity contribution is -0.126. The third-order valence-electron chi connectivity index (χ3n) is 6.82. The van der Waals surface area contributed by atoms with Crippen LogP contribution in [-0.4, -0.2) is 38.5 Å². The van der Waals surface area contributed by atoms with Crippen LogP contribution in [0.3, 0.4) is 0 Å². The van der Waals surface area contributed by atoms with E-state index in [-0.39, 0.29) is 17.9 Å². The maximum atomic E-state index is 13.0. The Morgan fingerprint density at radius 3 is 2.88 bits per heavy atom. The Bertz CT molecular complexity index is 1050. The number of amides is 1. The number of carbonyl (C=O) groups excluding carboxylic acids is 1. The van der Waals surface area contributed by atoms with Gasteiger partial charge in [0.05, 0.1) is 6.04 Å². The second-order valence-corrected chi connectivity index (χ2v) is 9.97. The lowest BCUT2D eigenvalue weighted by Crippen LogP contribution is -2.41. The van der Waals surface area contributed by atoms with E-state index in [1.165, 1.54) is 24.1 Å². The van der Waals surface area contributed by atoms with Crippen molar-refractivity contribution in [2.24, 2.45) is 5.92 Å². The second-order valence-electron chi connectivity index (χ2n) is 8.99. The van der Waals surface area contributed by atoms with Gasteiger partial charge in [0.15, 0.2) is 17.0 Å². The van der Waals surface area contributed by atoms with E-state index in [9.17, 15) is 4.79 Å². The third-order valence-corrected chi connectivity index (χ3v) is 7.81. The summed E-state index contributed by atoms with van der Waals surface area (Å²) in [7, 11) is 0. The number of aromatic nitrogens is 4. The van der Waals surface area contributed by atoms with Gasteiger partial charge in [0.25, 0.3) is 0 Å². The summed E-state index contributed by atoms with van der Waals surface area (Å²) in [6.07, 6.45) is 10.0. The van der Waals surface area contributed by atoms with Gasteiger partial charge >= 0.3 is 0 Å². The Labute approximate surface area is 193 Å². The zero-order valence-electron chi connectivity index (χ0n) is 18.8. The summed E-state index contributed by atoms with van der Waals surface area (Å²) in [5.41, 5.74) is 1.89. The molecule has 1 fully saturated rings. The highest BCUT2D eigenvalue weighted by atomic mass is 32.1. The fraction of sp³-hybridized carbons (Fsp3) is 0.583. The number of hydrogen-bond donors (Lipinski definition) is 1. The number of thiophene rings is 1. The molecule has 5 heterocycles. The lowest BCUT2D eigenvalue weighted by Gasteiger charge is -2.32. The predicted octanol–water partition coefficient (Wildman–Crippen LogP) is 4.49. The van der Waals surface area contributed by atoms with Crippen LogP contribution in [0, 0.1) is 5.92 Å². The Morgan fingerprint density at radius 1 is 1.22 bits per heavy atom. The summed E-state index contributed by atoms with van der Waals surface area (Å²) in [4.78, 5) is 30.7. The molecular formula is C24H32N6OS. The molecule has 0 radical (unpaired) electrons. The first kappa shape index (κ1) is 21.4. The number of rotatable bonds is 6. The fourth-order valence-electron chi connectivity index (χ4n) is 5.06. The van der Waals surface area contributed by atoms with Crippen LogP contribution in [-0.2, 0) is 17.8 Å². The number of imidazole rings is 1. The number of fused-ring (bicyclic) bond motifs is 3. The number of hydrogen-bond acceptors (Lipinski definition) is 6. The minimum atomic E-state index is 0.0570. The number of piperidine rings is 1. The first-order valence-electron chi connectivity index (χ1n) is 12.0. The van der Waals surface area contributed by atoms with Crippen molar-refractivity contribution in [3.05, 3.63) is 34.5 Å². The highest BCUT2D eigenvalue weighted by molar-refractivity contribution is 7.10. The average molecular weight is 453 g/mol. The van der Waals surface area contributed by atoms with E-state index in [1.54, 1.807) is 17.7 Å². The zero-order chi connectivity index (χ0) is 21.9. The van der Waals surface area contributed by atoms with Crippen LogP contribution in [0.2, 0.25) is 0 Å². The molecule has 3 aromatic heterocycles. The van der Waals surface area contributed by atoms with Crippen molar-refractivity contribution in [1.29, 1.82) is 0 Å². The summed E-state index contributed by atoms with van der Waals surface area (Å²) in [6.45, 7) is 4.81. The summed E-state index contributed by atoms with van der Waals surface area (Å²) in [5.74, 6) is 2.32. The van der Waals surface area contributed by atoms with Gasteiger partial charge < -0.3 is 14.8 Å². The van der Waals surface area contributed by atoms with E-state index in [1.807, 2.05) is 0 Å². The number of anilines is 1. The molecule has 1 N–H and O–H groups in total. The molecule has 5 rings (SSSR count). The van der Waals surface area contributed by atoms with Crippen LogP contribution in [0.25, 0.3) is 11.2 Å². The normalized spacial score (nSPS) is 18.3. The van der Waals surface area contributed by atoms with Crippen LogP contribution < -0.4 is 10.2 Å². The molecule has 1 unspecified atom stereocenters. The quantitative estimate of drug-likeness (QED) is 0.596. The second kappa shape index (κ2) is 9.57. The minimum absolute atomic E-state index is 0.0570. The standard InChI is InChI=1S/C24H32N6OS/c1-2-7-18(19-8-6-15-32-19)27-24(31)17-10-13-29(14-11-17)22-21-23(26-16-25-22)30-12-5-3-4-9-20(30)28-21/h6,8,15-18H,2-5,7,9-14H2,1H3,(H,27,31). The predicted molar refractivity (Wildman–Crippen MR) is 128 cm³/mol. The number of aryl methyl sites for hydroxylation is 2. The Kier molecular flexibility index (Phi) is 6.39. The van der Waals surface area contributed by atoms with Crippen LogP contribution >= 0.6 is 11.3 Å². The van der Waals surface area contributed by atoms with Crippen molar-refractivity contribution in [3.63, 3.8) is 0 Å². The molecule has 1 amide bonds. The van der Waals surface area contributed by atoms with Crippen molar-refractivity contribution in [2.45, 2.75) is 70.9 Å². The molecule has 0 aliphatic carbocycles. The van der Waals surface area contributed by atoms with Crippen molar-refractivity contribution in [1.82, 2.24) is 24.8 Å². The maximum absolute atomic E-state index is 13.0. The van der Waals surface area contributed by atoms with E-state index in [0.717, 1.165) is 74.5 Å². The first-order chi connectivity index (χ1) is 15.7. The van der Waals surface area contributed by atoms with Crippen LogP contribution in [0.4, 0.5) is 5.82 Å². The summed E-state index contributed by atoms with van der Waals surface area (Å²) in [6, 6.07) is 4.32. The summed E-state index contributed by atoms with van der Waals surface area (Å²) in [5, 5.41) is 5.41. The molecule has 1 atom stereocenters. The highest BCUT2D eigenvalue weighted by Gasteiger charge is 2.29. The van der Waals surface area contributed by atoms with Gasteiger partial charge in [-0.2, -0.15) is 0 Å². The highest BCUT2D eigenvalue weighted by Crippen LogP contribution is 2.30. The maximum Gasteiger partial charge on any atom is 0.223 e. The number of nitrogens with one attached hydrogen (secondary N) is 1. The Hall–Kier alpha value is -2.48. The topological polar surface area (TPSA) is 75.9 Å². The molecule has 8 heteroatoms. The van der Waals surface area contributed by atoms with Crippen molar-refractivity contribution >= 4 is 34.2 Å². The molecule has 0 aromatic carbocycles. The van der Waals surface area contributed by atoms with Gasteiger partial charge in [0, 0.05) is 36.9 Å². The smallest absolute Gasteiger partial charge is 0.223 e. The SMILES string of the molecule is CCCC(NC(=O)C1CCN(c2ncnc3c2nc2n3CCCCC2)CC1)c1cccs1. The van der Waals surface area contributed by atoms with E-state index in [0.29, 0.717) is 0 Å². The summed E-state index contributed by atoms with van der Waals surface area (Å²) < 4.78 is 2.28. The van der Waals surface area contributed by atoms with Gasteiger partial charge in [0.1, 0.15) is 12.2 Å². The first-order valence-corrected chi connectivity index (χ1v) is 12.9. The average Bonchev–Trinajstić information content (AvgIpc) is 3.41. The van der Waals surface area contributed by atoms with Crippen LogP contribution in [0.5, 0.6) is 0 Å². The molecule has 1 saturated heterocycles. The summed E-state index contributed by atoms with van der Waals surface area (Å²) >= 11 is 1.72. The lowest BCUT2D eigenvalue weighted by atomic mass is 9.95. The van der Waals surface area contributed by atoms with Gasteiger partial charge in [-0.05, 0) is 43.6 Å². The molecule has 2 aliphatic heterocycles. The van der Waals surface area contributed by atoms with Gasteiger partial charge in [-0.3, -0.25) is 4.79 Å². The van der Waals surface area contributed by atoms with E-state index in [2.05, 4.69) is 49.2 Å². The number of nitrogens with zero attached hydrogens (tertiary/aromatic N) is 5. The third kappa shape index (κ3) is 4.25. The van der Waals surface area contributed by atoms with Crippen LogP contribution in [0.15, 0.2) is 23.8 Å². The number of carbonyl (C=O) groups is 1. The largest absolute Gasteiger partial charge is 0.355 e. The molecule has 7 nitrogen and oxygen atoms in total. The molecular weight excluding hydrogens is 420 g/mol. The monoisotopic (exact) mass is 452 g/mol. The molecule has 0 bridgehead atoms. The van der Waals surface area contributed by atoms with E-state index >= 15 is 0 Å². The minimum Gasteiger partial charge on any atom is -0.355 e. The van der Waals surface area contributed by atoms with Crippen LogP contribution in [0.1, 0.15) is 68.6 Å². The van der Waals surface area contributed by atoms with Crippen molar-refractivity contribution in [3.8, 4) is 0 Å². The zero-order valence-corrected chi connectivity index (χ0v) is 19.6. The molecule has 3 aromatic rings. The Balaban J connectivity index is 1.27. The van der Waals surface area contributed by atoms with Gasteiger partial charge in [-0.25, -0.2) is 15.0 Å².